The molecule has 2 aromatic rings. The van der Waals surface area contributed by atoms with Gasteiger partial charge in [0.05, 0.1) is 20.3 Å². The summed E-state index contributed by atoms with van der Waals surface area (Å²) in [7, 11) is 1.69. The van der Waals surface area contributed by atoms with E-state index in [1.165, 1.54) is 11.1 Å². The van der Waals surface area contributed by atoms with Crippen molar-refractivity contribution in [2.75, 3.05) is 20.3 Å². The van der Waals surface area contributed by atoms with Gasteiger partial charge < -0.3 is 20.1 Å². The van der Waals surface area contributed by atoms with Gasteiger partial charge in [-0.15, -0.1) is 24.0 Å². The van der Waals surface area contributed by atoms with Crippen LogP contribution >= 0.6 is 24.0 Å². The van der Waals surface area contributed by atoms with Crippen LogP contribution in [0.2, 0.25) is 0 Å². The summed E-state index contributed by atoms with van der Waals surface area (Å²) in [6.07, 6.45) is 0. The first-order valence-corrected chi connectivity index (χ1v) is 9.06. The van der Waals surface area contributed by atoms with Gasteiger partial charge in [0.25, 0.3) is 0 Å². The van der Waals surface area contributed by atoms with Crippen molar-refractivity contribution < 1.29 is 9.47 Å². The Morgan fingerprint density at radius 1 is 0.963 bits per heavy atom. The average Bonchev–Trinajstić information content (AvgIpc) is 2.69. The van der Waals surface area contributed by atoms with Crippen molar-refractivity contribution >= 4 is 29.9 Å². The number of guanidine groups is 1. The summed E-state index contributed by atoms with van der Waals surface area (Å²) >= 11 is 0. The van der Waals surface area contributed by atoms with Gasteiger partial charge >= 0.3 is 0 Å². The van der Waals surface area contributed by atoms with Gasteiger partial charge in [-0.05, 0) is 31.0 Å². The maximum Gasteiger partial charge on any atom is 0.191 e. The predicted molar refractivity (Wildman–Crippen MR) is 122 cm³/mol. The van der Waals surface area contributed by atoms with Crippen LogP contribution in [-0.2, 0) is 24.4 Å². The van der Waals surface area contributed by atoms with Crippen LogP contribution in [0.15, 0.2) is 53.5 Å². The summed E-state index contributed by atoms with van der Waals surface area (Å²) in [6.45, 7) is 7.54. The topological polar surface area (TPSA) is 54.9 Å². The van der Waals surface area contributed by atoms with Crippen LogP contribution in [0.3, 0.4) is 0 Å². The van der Waals surface area contributed by atoms with Crippen LogP contribution in [-0.4, -0.2) is 26.2 Å². The lowest BCUT2D eigenvalue weighted by Gasteiger charge is -2.13. The average molecular weight is 483 g/mol. The molecular weight excluding hydrogens is 453 g/mol. The van der Waals surface area contributed by atoms with Gasteiger partial charge in [-0.25, -0.2) is 4.99 Å². The molecule has 148 valence electrons. The number of benzene rings is 2. The van der Waals surface area contributed by atoms with E-state index in [4.69, 9.17) is 9.47 Å². The molecule has 0 unspecified atom stereocenters. The molecule has 0 atom stereocenters. The summed E-state index contributed by atoms with van der Waals surface area (Å²) in [4.78, 5) is 4.67. The molecular formula is C21H30IN3O2. The molecule has 27 heavy (non-hydrogen) atoms. The first-order valence-electron chi connectivity index (χ1n) is 9.06. The molecule has 0 saturated carbocycles. The molecule has 5 nitrogen and oxygen atoms in total. The van der Waals surface area contributed by atoms with Gasteiger partial charge in [0, 0.05) is 25.3 Å². The first kappa shape index (κ1) is 23.2. The minimum absolute atomic E-state index is 0. The highest BCUT2D eigenvalue weighted by Crippen LogP contribution is 2.16. The second kappa shape index (κ2) is 13.4. The third-order valence-electron chi connectivity index (χ3n) is 3.90. The summed E-state index contributed by atoms with van der Waals surface area (Å²) in [6, 6.07) is 16.4. The van der Waals surface area contributed by atoms with Gasteiger partial charge in [0.15, 0.2) is 5.96 Å². The molecule has 2 rings (SSSR count). The van der Waals surface area contributed by atoms with E-state index in [-0.39, 0.29) is 24.0 Å². The fourth-order valence-corrected chi connectivity index (χ4v) is 2.50. The highest BCUT2D eigenvalue weighted by Gasteiger charge is 2.03. The van der Waals surface area contributed by atoms with Crippen LogP contribution in [0, 0.1) is 0 Å². The number of hydrogen-bond donors (Lipinski definition) is 2. The summed E-state index contributed by atoms with van der Waals surface area (Å²) < 4.78 is 10.8. The van der Waals surface area contributed by atoms with Gasteiger partial charge in [0.2, 0.25) is 0 Å². The Balaban J connectivity index is 0.00000364. The SMILES string of the molecule is CCNC(=NCc1ccc(COCC)cc1)NCc1ccccc1OC.I. The zero-order valence-electron chi connectivity index (χ0n) is 16.3. The van der Waals surface area contributed by atoms with Crippen LogP contribution in [0.1, 0.15) is 30.5 Å². The van der Waals surface area contributed by atoms with E-state index in [2.05, 4.69) is 46.8 Å². The quantitative estimate of drug-likeness (QED) is 0.321. The number of rotatable bonds is 9. The molecule has 0 aliphatic carbocycles. The number of ether oxygens (including phenoxy) is 2. The lowest BCUT2D eigenvalue weighted by atomic mass is 10.1. The zero-order valence-corrected chi connectivity index (χ0v) is 18.7. The Morgan fingerprint density at radius 2 is 1.67 bits per heavy atom. The monoisotopic (exact) mass is 483 g/mol. The molecule has 0 spiro atoms. The Labute approximate surface area is 179 Å². The Kier molecular flexibility index (Phi) is 11.5. The zero-order chi connectivity index (χ0) is 18.6. The molecule has 0 amide bonds. The van der Waals surface area contributed by atoms with E-state index in [1.807, 2.05) is 31.2 Å². The van der Waals surface area contributed by atoms with E-state index in [1.54, 1.807) is 7.11 Å². The number of methoxy groups -OCH3 is 1. The summed E-state index contributed by atoms with van der Waals surface area (Å²) in [5.74, 6) is 1.66. The van der Waals surface area contributed by atoms with Crippen molar-refractivity contribution in [3.63, 3.8) is 0 Å². The smallest absolute Gasteiger partial charge is 0.191 e. The molecule has 2 aromatic carbocycles. The molecule has 0 fully saturated rings. The molecule has 6 heteroatoms. The molecule has 0 heterocycles. The predicted octanol–water partition coefficient (Wildman–Crippen LogP) is 4.11. The van der Waals surface area contributed by atoms with Gasteiger partial charge in [-0.2, -0.15) is 0 Å². The third kappa shape index (κ3) is 8.17. The molecule has 0 radical (unpaired) electrons. The van der Waals surface area contributed by atoms with Crippen molar-refractivity contribution in [1.29, 1.82) is 0 Å². The van der Waals surface area contributed by atoms with Gasteiger partial charge in [-0.1, -0.05) is 42.5 Å². The standard InChI is InChI=1S/C21H29N3O2.HI/c1-4-22-21(24-15-19-8-6-7-9-20(19)25-3)23-14-17-10-12-18(13-11-17)16-26-5-2;/h6-13H,4-5,14-16H2,1-3H3,(H2,22,23,24);1H. The summed E-state index contributed by atoms with van der Waals surface area (Å²) in [5, 5.41) is 6.64. The minimum Gasteiger partial charge on any atom is -0.496 e. The molecule has 0 aliphatic rings. The van der Waals surface area contributed by atoms with E-state index >= 15 is 0 Å². The fourth-order valence-electron chi connectivity index (χ4n) is 2.50. The van der Waals surface area contributed by atoms with Gasteiger partial charge in [-0.3, -0.25) is 0 Å². The third-order valence-corrected chi connectivity index (χ3v) is 3.90. The lowest BCUT2D eigenvalue weighted by Crippen LogP contribution is -2.36. The van der Waals surface area contributed by atoms with Crippen LogP contribution in [0.4, 0.5) is 0 Å². The van der Waals surface area contributed by atoms with Crippen LogP contribution in [0.25, 0.3) is 0 Å². The highest BCUT2D eigenvalue weighted by molar-refractivity contribution is 14.0. The number of halogens is 1. The number of hydrogen-bond acceptors (Lipinski definition) is 3. The van der Waals surface area contributed by atoms with E-state index in [0.29, 0.717) is 19.7 Å². The molecule has 2 N–H and O–H groups in total. The summed E-state index contributed by atoms with van der Waals surface area (Å²) in [5.41, 5.74) is 3.45. The second-order valence-corrected chi connectivity index (χ2v) is 5.81. The van der Waals surface area contributed by atoms with Crippen LogP contribution < -0.4 is 15.4 Å². The Morgan fingerprint density at radius 3 is 2.33 bits per heavy atom. The molecule has 0 aromatic heterocycles. The normalized spacial score (nSPS) is 10.9. The molecule has 0 saturated heterocycles. The van der Waals surface area contributed by atoms with Gasteiger partial charge in [0.1, 0.15) is 5.75 Å². The molecule has 0 bridgehead atoms. The van der Waals surface area contributed by atoms with Crippen LogP contribution in [0.5, 0.6) is 5.75 Å². The van der Waals surface area contributed by atoms with Crippen molar-refractivity contribution in [3.8, 4) is 5.75 Å². The van der Waals surface area contributed by atoms with Crippen molar-refractivity contribution in [2.24, 2.45) is 4.99 Å². The van der Waals surface area contributed by atoms with E-state index < -0.39 is 0 Å². The largest absolute Gasteiger partial charge is 0.496 e. The Bertz CT molecular complexity index is 690. The van der Waals surface area contributed by atoms with E-state index in [9.17, 15) is 0 Å². The maximum atomic E-state index is 5.42. The number of nitrogens with one attached hydrogen (secondary N) is 2. The Hall–Kier alpha value is -1.80. The number of nitrogens with zero attached hydrogens (tertiary/aromatic N) is 1. The van der Waals surface area contributed by atoms with Crippen molar-refractivity contribution in [2.45, 2.75) is 33.5 Å². The number of para-hydroxylation sites is 1. The highest BCUT2D eigenvalue weighted by atomic mass is 127. The lowest BCUT2D eigenvalue weighted by molar-refractivity contribution is 0.134. The fraction of sp³-hybridized carbons (Fsp3) is 0.381. The number of aliphatic imine (C=N–C) groups is 1. The molecule has 0 aliphatic heterocycles. The van der Waals surface area contributed by atoms with E-state index in [0.717, 1.165) is 30.4 Å². The maximum absolute atomic E-state index is 5.42. The minimum atomic E-state index is 0. The second-order valence-electron chi connectivity index (χ2n) is 5.81. The first-order chi connectivity index (χ1) is 12.8. The van der Waals surface area contributed by atoms with Crippen molar-refractivity contribution in [3.05, 3.63) is 65.2 Å². The van der Waals surface area contributed by atoms with Crippen molar-refractivity contribution in [1.82, 2.24) is 10.6 Å².